The second-order valence-electron chi connectivity index (χ2n) is 3.34. The molecular formula is C12H8Br2ClNO. The minimum absolute atomic E-state index is 0.552. The van der Waals surface area contributed by atoms with Crippen LogP contribution in [0.2, 0.25) is 5.02 Å². The van der Waals surface area contributed by atoms with Gasteiger partial charge in [0, 0.05) is 17.6 Å². The van der Waals surface area contributed by atoms with Gasteiger partial charge in [0.2, 0.25) is 0 Å². The summed E-state index contributed by atoms with van der Waals surface area (Å²) in [7, 11) is 0. The largest absolute Gasteiger partial charge is 0.455 e. The number of ether oxygens (including phenoxy) is 1. The Morgan fingerprint density at radius 1 is 1.24 bits per heavy atom. The molecule has 5 heteroatoms. The minimum Gasteiger partial charge on any atom is -0.455 e. The molecule has 0 bridgehead atoms. The Morgan fingerprint density at radius 2 is 2.06 bits per heavy atom. The smallest absolute Gasteiger partial charge is 0.147 e. The summed E-state index contributed by atoms with van der Waals surface area (Å²) < 4.78 is 6.58. The fourth-order valence-electron chi connectivity index (χ4n) is 1.29. The van der Waals surface area contributed by atoms with Crippen molar-refractivity contribution < 1.29 is 4.74 Å². The van der Waals surface area contributed by atoms with E-state index in [9.17, 15) is 0 Å². The summed E-state index contributed by atoms with van der Waals surface area (Å²) in [6.07, 6.45) is 3.19. The number of hydrogen-bond acceptors (Lipinski definition) is 2. The van der Waals surface area contributed by atoms with Crippen LogP contribution in [-0.4, -0.2) is 4.98 Å². The van der Waals surface area contributed by atoms with Crippen LogP contribution >= 0.6 is 43.5 Å². The molecule has 0 radical (unpaired) electrons. The molecule has 17 heavy (non-hydrogen) atoms. The van der Waals surface area contributed by atoms with E-state index in [1.54, 1.807) is 18.5 Å². The van der Waals surface area contributed by atoms with E-state index >= 15 is 0 Å². The summed E-state index contributed by atoms with van der Waals surface area (Å²) in [5.41, 5.74) is 1.17. The van der Waals surface area contributed by atoms with E-state index in [-0.39, 0.29) is 0 Å². The molecule has 0 aliphatic rings. The van der Waals surface area contributed by atoms with Crippen LogP contribution in [0.3, 0.4) is 0 Å². The van der Waals surface area contributed by atoms with E-state index in [0.29, 0.717) is 10.8 Å². The highest BCUT2D eigenvalue weighted by Gasteiger charge is 2.04. The Morgan fingerprint density at radius 3 is 2.71 bits per heavy atom. The molecular weight excluding hydrogens is 369 g/mol. The van der Waals surface area contributed by atoms with E-state index in [4.69, 9.17) is 16.3 Å². The molecule has 0 aliphatic carbocycles. The highest BCUT2D eigenvalue weighted by molar-refractivity contribution is 9.10. The Bertz CT molecular complexity index is 534. The highest BCUT2D eigenvalue weighted by atomic mass is 79.9. The first-order valence-corrected chi connectivity index (χ1v) is 7.11. The van der Waals surface area contributed by atoms with Crippen LogP contribution in [0.25, 0.3) is 0 Å². The zero-order chi connectivity index (χ0) is 12.3. The molecule has 0 saturated carbocycles. The highest BCUT2D eigenvalue weighted by Crippen LogP contribution is 2.31. The van der Waals surface area contributed by atoms with Gasteiger partial charge in [0.1, 0.15) is 11.5 Å². The summed E-state index contributed by atoms with van der Waals surface area (Å²) in [4.78, 5) is 3.96. The van der Waals surface area contributed by atoms with E-state index in [1.807, 2.05) is 18.2 Å². The first-order valence-electron chi connectivity index (χ1n) is 4.82. The van der Waals surface area contributed by atoms with Gasteiger partial charge < -0.3 is 4.74 Å². The van der Waals surface area contributed by atoms with Crippen molar-refractivity contribution in [1.82, 2.24) is 4.98 Å². The zero-order valence-electron chi connectivity index (χ0n) is 8.66. The molecule has 1 aromatic heterocycles. The van der Waals surface area contributed by atoms with Crippen molar-refractivity contribution in [3.63, 3.8) is 0 Å². The first-order chi connectivity index (χ1) is 8.19. The molecule has 1 aromatic carbocycles. The normalized spacial score (nSPS) is 10.3. The average Bonchev–Trinajstić information content (AvgIpc) is 2.32. The van der Waals surface area contributed by atoms with Crippen LogP contribution in [0.15, 0.2) is 41.1 Å². The van der Waals surface area contributed by atoms with Crippen molar-refractivity contribution >= 4 is 43.5 Å². The molecule has 0 fully saturated rings. The molecule has 88 valence electrons. The number of halogens is 3. The van der Waals surface area contributed by atoms with Gasteiger partial charge in [-0.3, -0.25) is 4.98 Å². The zero-order valence-corrected chi connectivity index (χ0v) is 12.6. The molecule has 0 unspecified atom stereocenters. The molecule has 0 N–H and O–H groups in total. The van der Waals surface area contributed by atoms with Crippen molar-refractivity contribution in [1.29, 1.82) is 0 Å². The Labute approximate surface area is 121 Å². The third-order valence-electron chi connectivity index (χ3n) is 2.06. The third kappa shape index (κ3) is 3.44. The maximum atomic E-state index is 5.84. The van der Waals surface area contributed by atoms with Gasteiger partial charge in [-0.25, -0.2) is 0 Å². The topological polar surface area (TPSA) is 22.1 Å². The molecule has 2 aromatic rings. The summed E-state index contributed by atoms with van der Waals surface area (Å²) in [5, 5.41) is 1.36. The average molecular weight is 377 g/mol. The SMILES string of the molecule is Clc1cncc(Oc2ccc(CBr)cc2Br)c1. The van der Waals surface area contributed by atoms with Crippen molar-refractivity contribution in [2.45, 2.75) is 5.33 Å². The Balaban J connectivity index is 2.24. The standard InChI is InChI=1S/C12H8Br2ClNO/c13-5-8-1-2-12(11(14)3-8)17-10-4-9(15)6-16-7-10/h1-4,6-7H,5H2. The van der Waals surface area contributed by atoms with E-state index in [2.05, 4.69) is 36.8 Å². The predicted molar refractivity (Wildman–Crippen MR) is 76.1 cm³/mol. The van der Waals surface area contributed by atoms with Gasteiger partial charge in [0.05, 0.1) is 15.7 Å². The van der Waals surface area contributed by atoms with Gasteiger partial charge in [-0.2, -0.15) is 0 Å². The predicted octanol–water partition coefficient (Wildman–Crippen LogP) is 5.18. The lowest BCUT2D eigenvalue weighted by molar-refractivity contribution is 0.477. The summed E-state index contributed by atoms with van der Waals surface area (Å²) >= 11 is 12.7. The summed E-state index contributed by atoms with van der Waals surface area (Å²) in [5.74, 6) is 1.35. The van der Waals surface area contributed by atoms with Gasteiger partial charge in [0.25, 0.3) is 0 Å². The van der Waals surface area contributed by atoms with E-state index in [1.165, 1.54) is 5.56 Å². The molecule has 2 rings (SSSR count). The van der Waals surface area contributed by atoms with E-state index in [0.717, 1.165) is 15.6 Å². The monoisotopic (exact) mass is 375 g/mol. The second kappa shape index (κ2) is 5.85. The van der Waals surface area contributed by atoms with Crippen molar-refractivity contribution in [2.75, 3.05) is 0 Å². The lowest BCUT2D eigenvalue weighted by atomic mass is 10.2. The molecule has 0 saturated heterocycles. The molecule has 2 nitrogen and oxygen atoms in total. The van der Waals surface area contributed by atoms with E-state index < -0.39 is 0 Å². The molecule has 0 spiro atoms. The van der Waals surface area contributed by atoms with Gasteiger partial charge in [-0.15, -0.1) is 0 Å². The van der Waals surface area contributed by atoms with Gasteiger partial charge in [0.15, 0.2) is 0 Å². The number of pyridine rings is 1. The lowest BCUT2D eigenvalue weighted by Gasteiger charge is -2.08. The summed E-state index contributed by atoms with van der Waals surface area (Å²) in [6, 6.07) is 7.62. The fourth-order valence-corrected chi connectivity index (χ4v) is 2.31. The summed E-state index contributed by atoms with van der Waals surface area (Å²) in [6.45, 7) is 0. The second-order valence-corrected chi connectivity index (χ2v) is 5.19. The number of benzene rings is 1. The van der Waals surface area contributed by atoms with Crippen LogP contribution in [0.4, 0.5) is 0 Å². The minimum atomic E-state index is 0.552. The number of hydrogen-bond donors (Lipinski definition) is 0. The van der Waals surface area contributed by atoms with Gasteiger partial charge >= 0.3 is 0 Å². The van der Waals surface area contributed by atoms with Crippen LogP contribution < -0.4 is 4.74 Å². The van der Waals surface area contributed by atoms with Crippen LogP contribution in [0.1, 0.15) is 5.56 Å². The van der Waals surface area contributed by atoms with Gasteiger partial charge in [-0.05, 0) is 33.6 Å². The molecule has 1 heterocycles. The maximum Gasteiger partial charge on any atom is 0.147 e. The Kier molecular flexibility index (Phi) is 4.42. The number of aromatic nitrogens is 1. The van der Waals surface area contributed by atoms with Crippen molar-refractivity contribution in [3.05, 3.63) is 51.7 Å². The number of nitrogens with zero attached hydrogens (tertiary/aromatic N) is 1. The lowest BCUT2D eigenvalue weighted by Crippen LogP contribution is -1.88. The van der Waals surface area contributed by atoms with Crippen LogP contribution in [0, 0.1) is 0 Å². The first kappa shape index (κ1) is 12.9. The van der Waals surface area contributed by atoms with Crippen molar-refractivity contribution in [3.8, 4) is 11.5 Å². The maximum absolute atomic E-state index is 5.84. The quantitative estimate of drug-likeness (QED) is 0.687. The van der Waals surface area contributed by atoms with Crippen LogP contribution in [0.5, 0.6) is 11.5 Å². The van der Waals surface area contributed by atoms with Crippen LogP contribution in [-0.2, 0) is 5.33 Å². The fraction of sp³-hybridized carbons (Fsp3) is 0.0833. The molecule has 0 amide bonds. The van der Waals surface area contributed by atoms with Crippen molar-refractivity contribution in [2.24, 2.45) is 0 Å². The Hall–Kier alpha value is -0.580. The third-order valence-corrected chi connectivity index (χ3v) is 3.53. The number of rotatable bonds is 3. The number of alkyl halides is 1. The van der Waals surface area contributed by atoms with Gasteiger partial charge in [-0.1, -0.05) is 33.6 Å². The molecule has 0 atom stereocenters. The molecule has 0 aliphatic heterocycles.